The fourth-order valence-corrected chi connectivity index (χ4v) is 14.5. The number of ether oxygens (including phenoxy) is 2. The summed E-state index contributed by atoms with van der Waals surface area (Å²) in [6.07, 6.45) is 7.17. The minimum Gasteiger partial charge on any atom is -0.872 e. The van der Waals surface area contributed by atoms with Crippen LogP contribution in [0.1, 0.15) is 278 Å². The van der Waals surface area contributed by atoms with Crippen LogP contribution in [0, 0.1) is 62.3 Å². The van der Waals surface area contributed by atoms with Gasteiger partial charge in [-0.05, 0) is 214 Å². The molecule has 0 amide bonds. The summed E-state index contributed by atoms with van der Waals surface area (Å²) in [5.74, 6) is 0.481. The molecule has 2 fully saturated rings. The molecule has 0 saturated carbocycles. The van der Waals surface area contributed by atoms with E-state index >= 15 is 0 Å². The van der Waals surface area contributed by atoms with E-state index in [0.29, 0.717) is 25.7 Å². The predicted octanol–water partition coefficient (Wildman–Crippen LogP) is 13.5. The van der Waals surface area contributed by atoms with Crippen molar-refractivity contribution in [3.8, 4) is 23.0 Å². The van der Waals surface area contributed by atoms with Gasteiger partial charge in [0.2, 0.25) is 0 Å². The van der Waals surface area contributed by atoms with Crippen LogP contribution in [0.15, 0.2) is 212 Å². The van der Waals surface area contributed by atoms with Gasteiger partial charge in [-0.25, -0.2) is 0 Å². The zero-order chi connectivity index (χ0) is 88.0. The second-order valence-electron chi connectivity index (χ2n) is 39.4. The third-order valence-electron chi connectivity index (χ3n) is 21.6. The molecule has 0 unspecified atom stereocenters. The molecule has 0 radical (unpaired) electrons. The Balaban J connectivity index is 0.000000455. The Kier molecular flexibility index (Phi) is 46.1. The van der Waals surface area contributed by atoms with Crippen LogP contribution in [0.3, 0.4) is 0 Å². The van der Waals surface area contributed by atoms with Gasteiger partial charge in [-0.1, -0.05) is 373 Å². The van der Waals surface area contributed by atoms with Gasteiger partial charge in [-0.3, -0.25) is 5.32 Å². The standard InChI is InChI=1S/2C41H53NO2.3C7H8.2C4H8O.4Na/c2*1-25-13-15-33(16-14-25)42-36-28(21-30-17-26(2)19-34(37(30)43)40(7,8)9)23-32(39(4,5)6)24-29(36)22-31-18-27(3)20-35(38(31)44)41(10,11)12;3*1-7-5-3-2-4-6-7;2*1-2-4-5-3-1;;;;/h2*13-20,23-24,42-44H,21-22H2,1-12H3;3*2-6H,1H3;2*1-4H2;;;;/q;;;;;;;4*+1/p-3. The average Bonchev–Trinajstić information content (AvgIpc) is 1.32. The molecule has 11 aromatic carbocycles. The number of rotatable bonds is 12. The number of anilines is 2. The van der Waals surface area contributed by atoms with Gasteiger partial charge in [0.1, 0.15) is 11.4 Å². The number of quaternary nitrogens is 1. The van der Waals surface area contributed by atoms with Crippen LogP contribution in [0.4, 0.5) is 22.7 Å². The summed E-state index contributed by atoms with van der Waals surface area (Å²) in [6, 6.07) is 73.2. The molecule has 0 spiro atoms. The van der Waals surface area contributed by atoms with Gasteiger partial charge in [0.05, 0.1) is 0 Å². The van der Waals surface area contributed by atoms with Crippen LogP contribution in [-0.4, -0.2) is 26.4 Å². The summed E-state index contributed by atoms with van der Waals surface area (Å²) < 4.78 is 9.89. The first-order valence-electron chi connectivity index (χ1n) is 43.2. The topological polar surface area (TPSA) is 139 Å². The molecule has 2 heterocycles. The summed E-state index contributed by atoms with van der Waals surface area (Å²) in [5, 5.41) is 61.6. The number of nitrogens with one attached hydrogen (secondary N) is 1. The Morgan fingerprint density at radius 1 is 0.268 bits per heavy atom. The van der Waals surface area contributed by atoms with Gasteiger partial charge in [0.25, 0.3) is 0 Å². The zero-order valence-corrected chi connectivity index (χ0v) is 89.7. The van der Waals surface area contributed by atoms with Gasteiger partial charge in [-0.15, -0.1) is 23.0 Å². The smallest absolute Gasteiger partial charge is 0.872 e. The maximum absolute atomic E-state index is 13.9. The zero-order valence-electron chi connectivity index (χ0n) is 81.7. The molecule has 8 nitrogen and oxygen atoms in total. The molecule has 636 valence electrons. The average molecular weight is 1690 g/mol. The molecule has 0 bridgehead atoms. The van der Waals surface area contributed by atoms with Gasteiger partial charge in [0.15, 0.2) is 0 Å². The first-order chi connectivity index (χ1) is 55.7. The molecule has 2 aliphatic heterocycles. The van der Waals surface area contributed by atoms with Crippen LogP contribution in [-0.2, 0) is 67.6 Å². The van der Waals surface area contributed by atoms with Crippen LogP contribution < -0.4 is 149 Å². The van der Waals surface area contributed by atoms with Crippen LogP contribution >= 0.6 is 0 Å². The van der Waals surface area contributed by atoms with Crippen molar-refractivity contribution >= 4 is 22.7 Å². The molecule has 11 aromatic rings. The molecule has 0 aliphatic carbocycles. The Hall–Kier alpha value is -5.70. The van der Waals surface area contributed by atoms with Crippen LogP contribution in [0.25, 0.3) is 0 Å². The normalized spacial score (nSPS) is 12.4. The maximum Gasteiger partial charge on any atom is 1.00 e. The van der Waals surface area contributed by atoms with Crippen molar-refractivity contribution in [2.45, 2.75) is 271 Å². The van der Waals surface area contributed by atoms with Crippen molar-refractivity contribution in [2.24, 2.45) is 0 Å². The first-order valence-corrected chi connectivity index (χ1v) is 43.2. The van der Waals surface area contributed by atoms with E-state index in [2.05, 4.69) is 319 Å². The van der Waals surface area contributed by atoms with Crippen molar-refractivity contribution in [2.75, 3.05) is 31.7 Å². The molecular formula is C111H143N2Na4O6+. The van der Waals surface area contributed by atoms with E-state index in [9.17, 15) is 20.4 Å². The largest absolute Gasteiger partial charge is 1.00 e. The summed E-state index contributed by atoms with van der Waals surface area (Å²) in [4.78, 5) is 0. The number of nitrogens with two attached hydrogens (primary N) is 1. The first kappa shape index (κ1) is 111. The maximum atomic E-state index is 13.9. The molecule has 13 rings (SSSR count). The second kappa shape index (κ2) is 50.9. The molecule has 0 atom stereocenters. The van der Waals surface area contributed by atoms with E-state index in [0.717, 1.165) is 138 Å². The quantitative estimate of drug-likeness (QED) is 0.0917. The van der Waals surface area contributed by atoms with Gasteiger partial charge in [-0.2, -0.15) is 0 Å². The van der Waals surface area contributed by atoms with Gasteiger partial charge in [0, 0.05) is 61.8 Å². The second-order valence-corrected chi connectivity index (χ2v) is 39.4. The van der Waals surface area contributed by atoms with Crippen LogP contribution in [0.5, 0.6) is 23.0 Å². The number of hydrogen-bond acceptors (Lipinski definition) is 7. The third kappa shape index (κ3) is 36.4. The Morgan fingerprint density at radius 2 is 0.504 bits per heavy atom. The van der Waals surface area contributed by atoms with E-state index in [1.807, 2.05) is 91.0 Å². The number of benzene rings is 11. The monoisotopic (exact) mass is 1690 g/mol. The van der Waals surface area contributed by atoms with Gasteiger partial charge >= 0.3 is 118 Å². The molecule has 12 heteroatoms. The predicted molar refractivity (Wildman–Crippen MR) is 499 cm³/mol. The third-order valence-corrected chi connectivity index (χ3v) is 21.6. The molecule has 3 N–H and O–H groups in total. The molecule has 123 heavy (non-hydrogen) atoms. The van der Waals surface area contributed by atoms with Crippen molar-refractivity contribution in [3.05, 3.63) is 340 Å². The van der Waals surface area contributed by atoms with Crippen molar-refractivity contribution in [3.63, 3.8) is 0 Å². The van der Waals surface area contributed by atoms with Gasteiger partial charge < -0.3 is 35.2 Å². The van der Waals surface area contributed by atoms with E-state index < -0.39 is 0 Å². The summed E-state index contributed by atoms with van der Waals surface area (Å²) >= 11 is 0. The Labute approximate surface area is 833 Å². The summed E-state index contributed by atoms with van der Waals surface area (Å²) in [6.45, 7) is 61.3. The van der Waals surface area contributed by atoms with E-state index in [1.54, 1.807) is 0 Å². The van der Waals surface area contributed by atoms with E-state index in [-0.39, 0.29) is 174 Å². The summed E-state index contributed by atoms with van der Waals surface area (Å²) in [5.41, 5.74) is 27.1. The number of aryl methyl sites for hydroxylation is 9. The van der Waals surface area contributed by atoms with Crippen LogP contribution in [0.2, 0.25) is 0 Å². The fraction of sp³-hybridized carbons (Fsp3) is 0.405. The van der Waals surface area contributed by atoms with Crippen molar-refractivity contribution in [1.29, 1.82) is 0 Å². The summed E-state index contributed by atoms with van der Waals surface area (Å²) in [7, 11) is 0. The molecular weight excluding hydrogens is 1550 g/mol. The molecule has 2 saturated heterocycles. The van der Waals surface area contributed by atoms with Crippen molar-refractivity contribution < 1.29 is 153 Å². The Morgan fingerprint density at radius 3 is 0.724 bits per heavy atom. The molecule has 0 aromatic heterocycles. The minimum absolute atomic E-state index is 0. The molecule has 2 aliphatic rings. The fourth-order valence-electron chi connectivity index (χ4n) is 14.5. The van der Waals surface area contributed by atoms with E-state index in [1.165, 1.54) is 64.6 Å². The SMILES string of the molecule is C1CCOC1.C1CCOC1.Cc1ccc(Nc2c(Cc3cc(C)cc(C(C)(C)C)c3[O-])cc(C(C)(C)C)cc2Cc2cc(C)cc(C(C)(C)C)c2[O-])cc1.Cc1ccc([NH2+]c2c(Cc3cc(C)cc(C(C)(C)C)c3[O-])cc(C(C)(C)C)cc2Cc2cc(C)cc(C(C)(C)C)c2[O-])cc1.Cc1ccccc1.Cc1ccccc1.Cc1ccccc1.[Na+].[Na+].[Na+].[Na+]. The number of hydrogen-bond donors (Lipinski definition) is 2. The Bertz CT molecular complexity index is 4480. The minimum atomic E-state index is -0.250. The van der Waals surface area contributed by atoms with E-state index in [4.69, 9.17) is 9.47 Å². The van der Waals surface area contributed by atoms with Crippen molar-refractivity contribution in [1.82, 2.24) is 0 Å².